The number of anilines is 3. The Bertz CT molecular complexity index is 435. The van der Waals surface area contributed by atoms with Gasteiger partial charge in [-0.05, 0) is 13.8 Å². The van der Waals surface area contributed by atoms with E-state index in [2.05, 4.69) is 30.9 Å². The predicted octanol–water partition coefficient (Wildman–Crippen LogP) is -0.0842. The third kappa shape index (κ3) is 4.23. The summed E-state index contributed by atoms with van der Waals surface area (Å²) < 4.78 is 0. The van der Waals surface area contributed by atoms with Gasteiger partial charge in [0, 0.05) is 27.7 Å². The molecule has 0 aliphatic heterocycles. The molecule has 106 valence electrons. The third-order valence-corrected chi connectivity index (χ3v) is 2.34. The first-order chi connectivity index (χ1) is 8.97. The molecule has 3 N–H and O–H groups in total. The molecule has 0 aliphatic rings. The molecule has 0 bridgehead atoms. The van der Waals surface area contributed by atoms with E-state index in [9.17, 15) is 4.79 Å². The maximum absolute atomic E-state index is 11.5. The molecule has 1 atom stereocenters. The van der Waals surface area contributed by atoms with Crippen molar-refractivity contribution in [3.05, 3.63) is 0 Å². The molecule has 0 spiro atoms. The van der Waals surface area contributed by atoms with E-state index in [0.717, 1.165) is 0 Å². The molecule has 8 heteroatoms. The summed E-state index contributed by atoms with van der Waals surface area (Å²) in [5.74, 6) is 1.24. The second kappa shape index (κ2) is 6.72. The lowest BCUT2D eigenvalue weighted by Gasteiger charge is -2.16. The van der Waals surface area contributed by atoms with Crippen molar-refractivity contribution in [1.82, 2.24) is 20.3 Å². The lowest BCUT2D eigenvalue weighted by molar-refractivity contribution is -0.121. The van der Waals surface area contributed by atoms with Crippen LogP contribution in [0, 0.1) is 0 Å². The van der Waals surface area contributed by atoms with E-state index in [1.165, 1.54) is 0 Å². The zero-order chi connectivity index (χ0) is 14.4. The molecule has 1 aromatic rings. The van der Waals surface area contributed by atoms with E-state index >= 15 is 0 Å². The lowest BCUT2D eigenvalue weighted by Crippen LogP contribution is -2.36. The van der Waals surface area contributed by atoms with Crippen LogP contribution in [0.2, 0.25) is 0 Å². The number of hydrogen-bond donors (Lipinski definition) is 3. The van der Waals surface area contributed by atoms with Crippen molar-refractivity contribution < 1.29 is 4.79 Å². The molecular formula is C11H21N7O. The first-order valence-corrected chi connectivity index (χ1v) is 6.13. The van der Waals surface area contributed by atoms with Crippen LogP contribution >= 0.6 is 0 Å². The summed E-state index contributed by atoms with van der Waals surface area (Å²) >= 11 is 0. The van der Waals surface area contributed by atoms with Gasteiger partial charge in [0.1, 0.15) is 6.04 Å². The van der Waals surface area contributed by atoms with E-state index < -0.39 is 6.04 Å². The van der Waals surface area contributed by atoms with Crippen molar-refractivity contribution in [2.45, 2.75) is 19.9 Å². The molecular weight excluding hydrogens is 246 g/mol. The van der Waals surface area contributed by atoms with Gasteiger partial charge < -0.3 is 20.9 Å². The van der Waals surface area contributed by atoms with E-state index in [0.29, 0.717) is 24.4 Å². The van der Waals surface area contributed by atoms with Gasteiger partial charge in [-0.25, -0.2) is 0 Å². The van der Waals surface area contributed by atoms with Crippen LogP contribution in [0.15, 0.2) is 0 Å². The Hall–Kier alpha value is -2.12. The minimum Gasteiger partial charge on any atom is -0.357 e. The van der Waals surface area contributed by atoms with Crippen LogP contribution in [-0.4, -0.2) is 54.6 Å². The van der Waals surface area contributed by atoms with Gasteiger partial charge >= 0.3 is 0 Å². The average Bonchev–Trinajstić information content (AvgIpc) is 2.37. The van der Waals surface area contributed by atoms with Gasteiger partial charge in [0.05, 0.1) is 0 Å². The minimum absolute atomic E-state index is 0.128. The van der Waals surface area contributed by atoms with Gasteiger partial charge in [0.15, 0.2) is 0 Å². The number of aromatic nitrogens is 3. The normalized spacial score (nSPS) is 11.6. The summed E-state index contributed by atoms with van der Waals surface area (Å²) in [5.41, 5.74) is 0. The van der Waals surface area contributed by atoms with Crippen LogP contribution in [0.1, 0.15) is 13.8 Å². The molecule has 19 heavy (non-hydrogen) atoms. The second-order valence-electron chi connectivity index (χ2n) is 4.19. The number of nitrogens with one attached hydrogen (secondary N) is 3. The van der Waals surface area contributed by atoms with Crippen LogP contribution in [0.4, 0.5) is 17.8 Å². The van der Waals surface area contributed by atoms with Gasteiger partial charge in [-0.15, -0.1) is 0 Å². The Kier molecular flexibility index (Phi) is 5.28. The van der Waals surface area contributed by atoms with Crippen molar-refractivity contribution in [1.29, 1.82) is 0 Å². The van der Waals surface area contributed by atoms with Crippen LogP contribution < -0.4 is 20.9 Å². The quantitative estimate of drug-likeness (QED) is 0.663. The number of nitrogens with zero attached hydrogens (tertiary/aromatic N) is 4. The van der Waals surface area contributed by atoms with Gasteiger partial charge in [-0.1, -0.05) is 0 Å². The molecule has 1 amide bonds. The highest BCUT2D eigenvalue weighted by atomic mass is 16.2. The van der Waals surface area contributed by atoms with Gasteiger partial charge in [0.25, 0.3) is 0 Å². The minimum atomic E-state index is -0.420. The Balaban J connectivity index is 2.95. The van der Waals surface area contributed by atoms with Crippen LogP contribution in [0.5, 0.6) is 0 Å². The van der Waals surface area contributed by atoms with E-state index in [4.69, 9.17) is 0 Å². The summed E-state index contributed by atoms with van der Waals surface area (Å²) in [6.07, 6.45) is 0. The average molecular weight is 267 g/mol. The molecule has 1 rings (SSSR count). The Morgan fingerprint density at radius 2 is 1.89 bits per heavy atom. The molecule has 1 unspecified atom stereocenters. The number of likely N-dealkylation sites (N-methyl/N-ethyl adjacent to an activating group) is 1. The van der Waals surface area contributed by atoms with Crippen LogP contribution in [0.25, 0.3) is 0 Å². The maximum atomic E-state index is 11.5. The smallest absolute Gasteiger partial charge is 0.242 e. The summed E-state index contributed by atoms with van der Waals surface area (Å²) in [4.78, 5) is 26.0. The third-order valence-electron chi connectivity index (χ3n) is 2.34. The molecule has 8 nitrogen and oxygen atoms in total. The molecule has 0 aliphatic carbocycles. The van der Waals surface area contributed by atoms with Crippen LogP contribution in [-0.2, 0) is 4.79 Å². The topological polar surface area (TPSA) is 95.1 Å². The Morgan fingerprint density at radius 1 is 1.26 bits per heavy atom. The van der Waals surface area contributed by atoms with Gasteiger partial charge in [-0.2, -0.15) is 15.0 Å². The molecule has 0 saturated carbocycles. The summed E-state index contributed by atoms with van der Waals surface area (Å²) in [6.45, 7) is 4.41. The summed E-state index contributed by atoms with van der Waals surface area (Å²) in [6, 6.07) is -0.420. The molecule has 1 heterocycles. The van der Waals surface area contributed by atoms with Crippen molar-refractivity contribution in [2.75, 3.05) is 43.2 Å². The zero-order valence-electron chi connectivity index (χ0n) is 12.0. The van der Waals surface area contributed by atoms with Crippen molar-refractivity contribution in [3.8, 4) is 0 Å². The SMILES string of the molecule is CCNc1nc(NC(C)C(=O)NC)nc(N(C)C)n1. The van der Waals surface area contributed by atoms with E-state index in [1.807, 2.05) is 21.0 Å². The Labute approximate surface area is 113 Å². The fourth-order valence-electron chi connectivity index (χ4n) is 1.34. The highest BCUT2D eigenvalue weighted by Crippen LogP contribution is 2.12. The number of amides is 1. The first kappa shape index (κ1) is 14.9. The number of carbonyl (C=O) groups is 1. The largest absolute Gasteiger partial charge is 0.357 e. The first-order valence-electron chi connectivity index (χ1n) is 6.13. The fraction of sp³-hybridized carbons (Fsp3) is 0.636. The van der Waals surface area contributed by atoms with Crippen molar-refractivity contribution in [2.24, 2.45) is 0 Å². The van der Waals surface area contributed by atoms with E-state index in [-0.39, 0.29) is 5.91 Å². The molecule has 0 saturated heterocycles. The van der Waals surface area contributed by atoms with Gasteiger partial charge in [0.2, 0.25) is 23.8 Å². The molecule has 0 fully saturated rings. The standard InChI is InChI=1S/C11H21N7O/c1-6-13-9-15-10(14-7(2)8(19)12-3)17-11(16-9)18(4)5/h7H,6H2,1-5H3,(H,12,19)(H2,13,14,15,16,17). The van der Waals surface area contributed by atoms with Crippen molar-refractivity contribution in [3.63, 3.8) is 0 Å². The molecule has 1 aromatic heterocycles. The van der Waals surface area contributed by atoms with Gasteiger partial charge in [-0.3, -0.25) is 4.79 Å². The highest BCUT2D eigenvalue weighted by molar-refractivity contribution is 5.83. The predicted molar refractivity (Wildman–Crippen MR) is 75.5 cm³/mol. The number of carbonyl (C=O) groups excluding carboxylic acids is 1. The Morgan fingerprint density at radius 3 is 2.42 bits per heavy atom. The van der Waals surface area contributed by atoms with Crippen molar-refractivity contribution >= 4 is 23.8 Å². The number of hydrogen-bond acceptors (Lipinski definition) is 7. The zero-order valence-corrected chi connectivity index (χ0v) is 12.0. The second-order valence-corrected chi connectivity index (χ2v) is 4.19. The summed E-state index contributed by atoms with van der Waals surface area (Å²) in [7, 11) is 5.28. The molecule has 0 aromatic carbocycles. The maximum Gasteiger partial charge on any atom is 0.242 e. The fourth-order valence-corrected chi connectivity index (χ4v) is 1.34. The number of rotatable bonds is 6. The van der Waals surface area contributed by atoms with Crippen LogP contribution in [0.3, 0.4) is 0 Å². The monoisotopic (exact) mass is 267 g/mol. The van der Waals surface area contributed by atoms with E-state index in [1.54, 1.807) is 18.9 Å². The lowest BCUT2D eigenvalue weighted by atomic mass is 10.3. The highest BCUT2D eigenvalue weighted by Gasteiger charge is 2.14. The summed E-state index contributed by atoms with van der Waals surface area (Å²) in [5, 5.41) is 8.54. The molecule has 0 radical (unpaired) electrons.